The fourth-order valence-corrected chi connectivity index (χ4v) is 3.47. The molecule has 0 fully saturated rings. The zero-order chi connectivity index (χ0) is 17.2. The minimum absolute atomic E-state index is 0.768. The quantitative estimate of drug-likeness (QED) is 0.395. The predicted octanol–water partition coefficient (Wildman–Crippen LogP) is 6.84. The van der Waals surface area contributed by atoms with Gasteiger partial charge >= 0.3 is 0 Å². The van der Waals surface area contributed by atoms with Crippen LogP contribution in [0.4, 0.5) is 0 Å². The fraction of sp³-hybridized carbons (Fsp3) is 0.0435. The molecule has 0 atom stereocenters. The van der Waals surface area contributed by atoms with Gasteiger partial charge in [0.25, 0.3) is 0 Å². The van der Waals surface area contributed by atoms with E-state index in [0.29, 0.717) is 0 Å². The number of rotatable bonds is 3. The van der Waals surface area contributed by atoms with Gasteiger partial charge in [0.05, 0.1) is 7.11 Å². The highest BCUT2D eigenvalue weighted by atomic mass is 35.5. The van der Waals surface area contributed by atoms with Crippen LogP contribution in [0.15, 0.2) is 84.9 Å². The van der Waals surface area contributed by atoms with Crippen molar-refractivity contribution in [1.82, 2.24) is 0 Å². The summed E-state index contributed by atoms with van der Waals surface area (Å²) in [6.07, 6.45) is 0. The van der Waals surface area contributed by atoms with Crippen molar-refractivity contribution in [3.8, 4) is 28.0 Å². The van der Waals surface area contributed by atoms with Crippen molar-refractivity contribution in [2.45, 2.75) is 0 Å². The van der Waals surface area contributed by atoms with Gasteiger partial charge in [0, 0.05) is 10.6 Å². The molecule has 0 heterocycles. The minimum Gasteiger partial charge on any atom is -0.497 e. The maximum absolute atomic E-state index is 6.44. The Morgan fingerprint density at radius 2 is 1.20 bits per heavy atom. The van der Waals surface area contributed by atoms with E-state index in [9.17, 15) is 0 Å². The smallest absolute Gasteiger partial charge is 0.118 e. The lowest BCUT2D eigenvalue weighted by atomic mass is 9.92. The normalized spacial score (nSPS) is 10.8. The number of ether oxygens (including phenoxy) is 1. The lowest BCUT2D eigenvalue weighted by molar-refractivity contribution is 0.415. The van der Waals surface area contributed by atoms with E-state index in [1.807, 2.05) is 30.3 Å². The second-order valence-corrected chi connectivity index (χ2v) is 6.32. The fourth-order valence-electron chi connectivity index (χ4n) is 3.24. The van der Waals surface area contributed by atoms with E-state index in [1.165, 1.54) is 21.9 Å². The van der Waals surface area contributed by atoms with Gasteiger partial charge < -0.3 is 4.74 Å². The van der Waals surface area contributed by atoms with Gasteiger partial charge in [0.2, 0.25) is 0 Å². The number of fused-ring (bicyclic) bond motifs is 1. The highest BCUT2D eigenvalue weighted by molar-refractivity contribution is 6.33. The van der Waals surface area contributed by atoms with Crippen molar-refractivity contribution in [2.75, 3.05) is 7.11 Å². The van der Waals surface area contributed by atoms with Crippen LogP contribution in [-0.4, -0.2) is 7.11 Å². The Hall–Kier alpha value is -2.77. The Labute approximate surface area is 152 Å². The Morgan fingerprint density at radius 3 is 1.88 bits per heavy atom. The molecule has 4 aromatic carbocycles. The van der Waals surface area contributed by atoms with Crippen molar-refractivity contribution in [2.24, 2.45) is 0 Å². The van der Waals surface area contributed by atoms with E-state index in [-0.39, 0.29) is 0 Å². The van der Waals surface area contributed by atoms with Crippen molar-refractivity contribution < 1.29 is 4.74 Å². The number of benzene rings is 4. The number of hydrogen-bond donors (Lipinski definition) is 0. The van der Waals surface area contributed by atoms with Gasteiger partial charge in [-0.3, -0.25) is 0 Å². The molecule has 4 rings (SSSR count). The summed E-state index contributed by atoms with van der Waals surface area (Å²) in [6.45, 7) is 0. The molecule has 0 radical (unpaired) electrons. The van der Waals surface area contributed by atoms with Crippen molar-refractivity contribution in [1.29, 1.82) is 0 Å². The highest BCUT2D eigenvalue weighted by Gasteiger charge is 2.11. The second-order valence-electron chi connectivity index (χ2n) is 5.91. The summed E-state index contributed by atoms with van der Waals surface area (Å²) in [4.78, 5) is 0. The van der Waals surface area contributed by atoms with Crippen LogP contribution in [0.1, 0.15) is 0 Å². The molecular formula is C23H17ClO. The molecule has 4 aromatic rings. The van der Waals surface area contributed by atoms with Gasteiger partial charge in [-0.05, 0) is 45.7 Å². The largest absolute Gasteiger partial charge is 0.497 e. The molecule has 0 aliphatic rings. The molecule has 1 nitrogen and oxygen atoms in total. The third-order valence-electron chi connectivity index (χ3n) is 4.49. The Bertz CT molecular complexity index is 1040. The van der Waals surface area contributed by atoms with Gasteiger partial charge in [-0.1, -0.05) is 78.3 Å². The lowest BCUT2D eigenvalue weighted by Crippen LogP contribution is -1.87. The summed E-state index contributed by atoms with van der Waals surface area (Å²) < 4.78 is 5.27. The van der Waals surface area contributed by atoms with Gasteiger partial charge in [-0.15, -0.1) is 0 Å². The van der Waals surface area contributed by atoms with Crippen LogP contribution in [0, 0.1) is 0 Å². The number of methoxy groups -OCH3 is 1. The summed E-state index contributed by atoms with van der Waals surface area (Å²) >= 11 is 6.44. The van der Waals surface area contributed by atoms with E-state index in [2.05, 4.69) is 54.6 Å². The summed E-state index contributed by atoms with van der Waals surface area (Å²) in [6, 6.07) is 28.9. The summed E-state index contributed by atoms with van der Waals surface area (Å²) in [7, 11) is 1.68. The number of hydrogen-bond acceptors (Lipinski definition) is 1. The van der Waals surface area contributed by atoms with Crippen molar-refractivity contribution in [3.63, 3.8) is 0 Å². The van der Waals surface area contributed by atoms with Gasteiger partial charge in [0.15, 0.2) is 0 Å². The van der Waals surface area contributed by atoms with Gasteiger partial charge in [-0.25, -0.2) is 0 Å². The van der Waals surface area contributed by atoms with E-state index >= 15 is 0 Å². The molecule has 0 N–H and O–H groups in total. The molecule has 0 bridgehead atoms. The molecule has 0 aliphatic carbocycles. The minimum atomic E-state index is 0.768. The maximum Gasteiger partial charge on any atom is 0.118 e. The number of halogens is 1. The first-order valence-corrected chi connectivity index (χ1v) is 8.57. The predicted molar refractivity (Wildman–Crippen MR) is 106 cm³/mol. The first kappa shape index (κ1) is 15.7. The van der Waals surface area contributed by atoms with Crippen LogP contribution in [0.25, 0.3) is 33.0 Å². The van der Waals surface area contributed by atoms with Crippen LogP contribution in [0.5, 0.6) is 5.75 Å². The average molecular weight is 345 g/mol. The third kappa shape index (κ3) is 2.88. The Balaban J connectivity index is 1.94. The molecule has 0 aliphatic heterocycles. The zero-order valence-corrected chi connectivity index (χ0v) is 14.6. The van der Waals surface area contributed by atoms with Crippen LogP contribution < -0.4 is 4.74 Å². The van der Waals surface area contributed by atoms with Crippen LogP contribution >= 0.6 is 11.6 Å². The van der Waals surface area contributed by atoms with Crippen LogP contribution in [-0.2, 0) is 0 Å². The van der Waals surface area contributed by atoms with Crippen molar-refractivity contribution >= 4 is 22.4 Å². The standard InChI is InChI=1S/C23H17ClO/c1-25-17-12-10-16(11-13-17)18-14-15-21(20-7-3-2-6-19(18)20)22-8-4-5-9-23(22)24/h2-15H,1H3. The van der Waals surface area contributed by atoms with E-state index < -0.39 is 0 Å². The molecule has 0 spiro atoms. The third-order valence-corrected chi connectivity index (χ3v) is 4.82. The average Bonchev–Trinajstić information content (AvgIpc) is 2.68. The highest BCUT2D eigenvalue weighted by Crippen LogP contribution is 2.38. The van der Waals surface area contributed by atoms with E-state index in [0.717, 1.165) is 21.9 Å². The van der Waals surface area contributed by atoms with E-state index in [1.54, 1.807) is 7.11 Å². The molecule has 0 amide bonds. The van der Waals surface area contributed by atoms with E-state index in [4.69, 9.17) is 16.3 Å². The topological polar surface area (TPSA) is 9.23 Å². The molecule has 2 heteroatoms. The summed E-state index contributed by atoms with van der Waals surface area (Å²) in [5.41, 5.74) is 4.58. The van der Waals surface area contributed by atoms with Crippen LogP contribution in [0.2, 0.25) is 5.02 Å². The summed E-state index contributed by atoms with van der Waals surface area (Å²) in [5, 5.41) is 3.18. The second kappa shape index (κ2) is 6.62. The Kier molecular flexibility index (Phi) is 4.17. The lowest BCUT2D eigenvalue weighted by Gasteiger charge is -2.13. The van der Waals surface area contributed by atoms with Crippen molar-refractivity contribution in [3.05, 3.63) is 90.0 Å². The SMILES string of the molecule is COc1ccc(-c2ccc(-c3ccccc3Cl)c3ccccc23)cc1. The molecule has 25 heavy (non-hydrogen) atoms. The maximum atomic E-state index is 6.44. The molecule has 0 saturated carbocycles. The summed E-state index contributed by atoms with van der Waals surface area (Å²) in [5.74, 6) is 0.862. The Morgan fingerprint density at radius 1 is 0.600 bits per heavy atom. The molecule has 122 valence electrons. The molecule has 0 unspecified atom stereocenters. The van der Waals surface area contributed by atoms with Gasteiger partial charge in [0.1, 0.15) is 5.75 Å². The first-order valence-electron chi connectivity index (χ1n) is 8.19. The first-order chi connectivity index (χ1) is 12.3. The monoisotopic (exact) mass is 344 g/mol. The van der Waals surface area contributed by atoms with Crippen LogP contribution in [0.3, 0.4) is 0 Å². The molecule has 0 aromatic heterocycles. The zero-order valence-electron chi connectivity index (χ0n) is 13.9. The molecular weight excluding hydrogens is 328 g/mol. The molecule has 0 saturated heterocycles. The van der Waals surface area contributed by atoms with Gasteiger partial charge in [-0.2, -0.15) is 0 Å².